The van der Waals surface area contributed by atoms with Crippen molar-refractivity contribution in [1.29, 1.82) is 0 Å². The predicted molar refractivity (Wildman–Crippen MR) is 90.9 cm³/mol. The fourth-order valence-corrected chi connectivity index (χ4v) is 4.18. The monoisotopic (exact) mass is 335 g/mol. The molecular formula is C18H29N3O3. The van der Waals surface area contributed by atoms with Crippen LogP contribution in [0.5, 0.6) is 0 Å². The number of aryl methyl sites for hydroxylation is 2. The Morgan fingerprint density at radius 1 is 1.42 bits per heavy atom. The Morgan fingerprint density at radius 2 is 2.21 bits per heavy atom. The first kappa shape index (κ1) is 17.3. The average Bonchev–Trinajstić information content (AvgIpc) is 2.80. The molecule has 6 nitrogen and oxygen atoms in total. The van der Waals surface area contributed by atoms with Crippen LogP contribution < -0.4 is 10.6 Å². The van der Waals surface area contributed by atoms with Crippen LogP contribution in [0.1, 0.15) is 56.0 Å². The zero-order valence-corrected chi connectivity index (χ0v) is 15.0. The molecule has 2 atom stereocenters. The summed E-state index contributed by atoms with van der Waals surface area (Å²) in [6.07, 6.45) is 6.64. The molecule has 0 aromatic carbocycles. The van der Waals surface area contributed by atoms with Crippen LogP contribution in [-0.2, 0) is 11.2 Å². The van der Waals surface area contributed by atoms with Crippen LogP contribution >= 0.6 is 0 Å². The van der Waals surface area contributed by atoms with Gasteiger partial charge in [0.15, 0.2) is 0 Å². The summed E-state index contributed by atoms with van der Waals surface area (Å²) < 4.78 is 11.0. The number of carbonyl (C=O) groups excluding carboxylic acids is 1. The summed E-state index contributed by atoms with van der Waals surface area (Å²) in [6, 6.07) is 0.213. The van der Waals surface area contributed by atoms with Crippen LogP contribution in [0.2, 0.25) is 0 Å². The molecule has 1 aromatic rings. The van der Waals surface area contributed by atoms with Crippen molar-refractivity contribution < 1.29 is 14.1 Å². The van der Waals surface area contributed by atoms with Crippen molar-refractivity contribution in [2.45, 2.75) is 71.4 Å². The van der Waals surface area contributed by atoms with Crippen molar-refractivity contribution in [3.05, 3.63) is 17.0 Å². The quantitative estimate of drug-likeness (QED) is 0.751. The van der Waals surface area contributed by atoms with E-state index in [-0.39, 0.29) is 17.5 Å². The number of rotatable bonds is 7. The first-order valence-electron chi connectivity index (χ1n) is 9.14. The van der Waals surface area contributed by atoms with Gasteiger partial charge in [-0.2, -0.15) is 0 Å². The molecule has 2 aliphatic carbocycles. The van der Waals surface area contributed by atoms with Gasteiger partial charge in [-0.15, -0.1) is 0 Å². The van der Waals surface area contributed by atoms with Crippen LogP contribution in [0.4, 0.5) is 4.79 Å². The summed E-state index contributed by atoms with van der Waals surface area (Å²) in [5, 5.41) is 10.1. The first-order chi connectivity index (χ1) is 11.6. The third-order valence-electron chi connectivity index (χ3n) is 5.81. The molecule has 134 valence electrons. The van der Waals surface area contributed by atoms with Gasteiger partial charge in [-0.25, -0.2) is 4.79 Å². The van der Waals surface area contributed by atoms with E-state index >= 15 is 0 Å². The molecule has 0 aliphatic heterocycles. The fraction of sp³-hybridized carbons (Fsp3) is 0.778. The SMILES string of the molecule is CCO[C@@H]1C[C@@H](NC(=O)NCCCc2c(C)noc2C)C12CCC2. The molecule has 2 fully saturated rings. The van der Waals surface area contributed by atoms with E-state index in [1.54, 1.807) is 0 Å². The molecule has 3 rings (SSSR count). The van der Waals surface area contributed by atoms with Gasteiger partial charge in [0, 0.05) is 30.2 Å². The summed E-state index contributed by atoms with van der Waals surface area (Å²) in [4.78, 5) is 12.1. The van der Waals surface area contributed by atoms with E-state index in [9.17, 15) is 4.79 Å². The van der Waals surface area contributed by atoms with Gasteiger partial charge in [-0.3, -0.25) is 0 Å². The van der Waals surface area contributed by atoms with Crippen molar-refractivity contribution in [3.8, 4) is 0 Å². The number of urea groups is 1. The van der Waals surface area contributed by atoms with Crippen LogP contribution in [0.25, 0.3) is 0 Å². The summed E-state index contributed by atoms with van der Waals surface area (Å²) >= 11 is 0. The van der Waals surface area contributed by atoms with E-state index in [4.69, 9.17) is 9.26 Å². The first-order valence-corrected chi connectivity index (χ1v) is 9.14. The Hall–Kier alpha value is -1.56. The van der Waals surface area contributed by atoms with Gasteiger partial charge in [0.2, 0.25) is 0 Å². The molecule has 1 spiro atoms. The van der Waals surface area contributed by atoms with Gasteiger partial charge >= 0.3 is 6.03 Å². The van der Waals surface area contributed by atoms with Crippen molar-refractivity contribution in [1.82, 2.24) is 15.8 Å². The van der Waals surface area contributed by atoms with E-state index in [1.807, 2.05) is 20.8 Å². The van der Waals surface area contributed by atoms with Crippen molar-refractivity contribution in [2.24, 2.45) is 5.41 Å². The minimum absolute atomic E-state index is 0.0556. The molecular weight excluding hydrogens is 306 g/mol. The number of ether oxygens (including phenoxy) is 1. The molecule has 2 N–H and O–H groups in total. The normalized spacial score (nSPS) is 24.3. The second kappa shape index (κ2) is 7.13. The zero-order chi connectivity index (χ0) is 17.2. The number of hydrogen-bond donors (Lipinski definition) is 2. The number of carbonyl (C=O) groups is 1. The molecule has 2 saturated carbocycles. The van der Waals surface area contributed by atoms with Gasteiger partial charge < -0.3 is 19.9 Å². The highest BCUT2D eigenvalue weighted by Crippen LogP contribution is 2.57. The number of nitrogens with zero attached hydrogens (tertiary/aromatic N) is 1. The van der Waals surface area contributed by atoms with Gasteiger partial charge in [0.05, 0.1) is 11.8 Å². The molecule has 0 unspecified atom stereocenters. The topological polar surface area (TPSA) is 76.4 Å². The average molecular weight is 335 g/mol. The standard InChI is InChI=1S/C18H29N3O3/c1-4-23-16-11-15(18(16)8-6-9-18)20-17(22)19-10-5-7-14-12(2)21-24-13(14)3/h15-16H,4-11H2,1-3H3,(H2,19,20,22)/t15-,16-/m1/s1. The molecule has 6 heteroatoms. The van der Waals surface area contributed by atoms with Crippen LogP contribution in [0.15, 0.2) is 4.52 Å². The van der Waals surface area contributed by atoms with E-state index in [0.717, 1.165) is 42.9 Å². The Bertz CT molecular complexity index is 561. The van der Waals surface area contributed by atoms with E-state index in [0.29, 0.717) is 12.6 Å². The molecule has 0 bridgehead atoms. The molecule has 24 heavy (non-hydrogen) atoms. The largest absolute Gasteiger partial charge is 0.378 e. The summed E-state index contributed by atoms with van der Waals surface area (Å²) in [5.41, 5.74) is 2.31. The third-order valence-corrected chi connectivity index (χ3v) is 5.81. The second-order valence-corrected chi connectivity index (χ2v) is 7.13. The van der Waals surface area contributed by atoms with E-state index in [1.165, 1.54) is 19.3 Å². The number of amides is 2. The molecule has 0 saturated heterocycles. The zero-order valence-electron chi connectivity index (χ0n) is 15.0. The van der Waals surface area contributed by atoms with Crippen LogP contribution in [0.3, 0.4) is 0 Å². The Kier molecular flexibility index (Phi) is 5.13. The number of nitrogens with one attached hydrogen (secondary N) is 2. The molecule has 0 radical (unpaired) electrons. The van der Waals surface area contributed by atoms with Crippen LogP contribution in [-0.4, -0.2) is 36.5 Å². The summed E-state index contributed by atoms with van der Waals surface area (Å²) in [5.74, 6) is 0.875. The van der Waals surface area contributed by atoms with E-state index < -0.39 is 0 Å². The van der Waals surface area contributed by atoms with E-state index in [2.05, 4.69) is 15.8 Å². The van der Waals surface area contributed by atoms with Gasteiger partial charge in [0.1, 0.15) is 5.76 Å². The minimum Gasteiger partial charge on any atom is -0.378 e. The lowest BCUT2D eigenvalue weighted by Gasteiger charge is -2.60. The highest BCUT2D eigenvalue weighted by molar-refractivity contribution is 5.74. The second-order valence-electron chi connectivity index (χ2n) is 7.13. The smallest absolute Gasteiger partial charge is 0.315 e. The van der Waals surface area contributed by atoms with Gasteiger partial charge in [-0.1, -0.05) is 11.6 Å². The van der Waals surface area contributed by atoms with Crippen molar-refractivity contribution in [3.63, 3.8) is 0 Å². The van der Waals surface area contributed by atoms with Gasteiger partial charge in [0.25, 0.3) is 0 Å². The fourth-order valence-electron chi connectivity index (χ4n) is 4.18. The Labute approximate surface area is 143 Å². The van der Waals surface area contributed by atoms with Crippen molar-refractivity contribution >= 4 is 6.03 Å². The lowest BCUT2D eigenvalue weighted by Crippen LogP contribution is -2.68. The molecule has 2 amide bonds. The molecule has 1 heterocycles. The maximum absolute atomic E-state index is 12.1. The highest BCUT2D eigenvalue weighted by atomic mass is 16.5. The minimum atomic E-state index is -0.0556. The number of aromatic nitrogens is 1. The third kappa shape index (κ3) is 3.16. The number of hydrogen-bond acceptors (Lipinski definition) is 4. The molecule has 2 aliphatic rings. The maximum Gasteiger partial charge on any atom is 0.315 e. The maximum atomic E-state index is 12.1. The lowest BCUT2D eigenvalue weighted by molar-refractivity contribution is -0.169. The lowest BCUT2D eigenvalue weighted by atomic mass is 9.51. The summed E-state index contributed by atoms with van der Waals surface area (Å²) in [6.45, 7) is 7.34. The Morgan fingerprint density at radius 3 is 2.79 bits per heavy atom. The summed E-state index contributed by atoms with van der Waals surface area (Å²) in [7, 11) is 0. The predicted octanol–water partition coefficient (Wildman–Crippen LogP) is 2.87. The highest BCUT2D eigenvalue weighted by Gasteiger charge is 2.59. The Balaban J connectivity index is 1.38. The molecule has 1 aromatic heterocycles. The van der Waals surface area contributed by atoms with Crippen LogP contribution in [0, 0.1) is 19.3 Å². The van der Waals surface area contributed by atoms with Gasteiger partial charge in [-0.05, 0) is 52.9 Å². The van der Waals surface area contributed by atoms with Crippen molar-refractivity contribution in [2.75, 3.05) is 13.2 Å².